The van der Waals surface area contributed by atoms with E-state index >= 15 is 0 Å². The smallest absolute Gasteiger partial charge is 0.340 e. The SMILES string of the molecule is CCCCCCCCCCCC[N+](CCCCCCCCCCCC)(CCCCCCCCCCCC)CCCCCCCCCCCC.CCCCCCCCCCCC[N+](CCCCCCCCCCCC)(CCCCCCCCCCCC)CCCCCCCCCCCC.O=C(O)c1ccccc1[S+]([O-])c1ccccc1C(=O)O. The molecule has 0 atom stereocenters. The lowest BCUT2D eigenvalue weighted by molar-refractivity contribution is -0.929. The number of carboxylic acid groups (broad SMARTS) is 2. The van der Waals surface area contributed by atoms with E-state index in [1.807, 2.05) is 0 Å². The molecule has 8 heteroatoms. The number of aromatic carboxylic acids is 2. The molecule has 0 fully saturated rings. The Hall–Kier alpha value is -2.39. The molecular formula is C110H210N2O5S+2. The van der Waals surface area contributed by atoms with Gasteiger partial charge < -0.3 is 23.7 Å². The lowest BCUT2D eigenvalue weighted by atomic mass is 10.0. The normalized spacial score (nSPS) is 11.7. The molecule has 0 saturated heterocycles. The van der Waals surface area contributed by atoms with Gasteiger partial charge in [-0.2, -0.15) is 0 Å². The Morgan fingerprint density at radius 2 is 0.314 bits per heavy atom. The van der Waals surface area contributed by atoms with Crippen molar-refractivity contribution in [3.63, 3.8) is 0 Å². The fourth-order valence-electron chi connectivity index (χ4n) is 18.5. The summed E-state index contributed by atoms with van der Waals surface area (Å²) in [6, 6.07) is 11.7. The van der Waals surface area contributed by atoms with E-state index in [1.54, 1.807) is 12.1 Å². The van der Waals surface area contributed by atoms with Gasteiger partial charge in [0.15, 0.2) is 9.79 Å². The van der Waals surface area contributed by atoms with Gasteiger partial charge in [0.2, 0.25) is 0 Å². The first kappa shape index (κ1) is 116. The Morgan fingerprint density at radius 1 is 0.203 bits per heavy atom. The molecule has 0 aliphatic heterocycles. The molecule has 0 spiro atoms. The molecule has 7 nitrogen and oxygen atoms in total. The van der Waals surface area contributed by atoms with E-state index in [0.717, 1.165) is 0 Å². The van der Waals surface area contributed by atoms with Crippen LogP contribution < -0.4 is 0 Å². The quantitative estimate of drug-likeness (QED) is 0.0391. The van der Waals surface area contributed by atoms with Crippen LogP contribution in [-0.4, -0.2) is 88.0 Å². The van der Waals surface area contributed by atoms with Crippen molar-refractivity contribution in [1.29, 1.82) is 0 Å². The predicted octanol–water partition coefficient (Wildman–Crippen LogP) is 37.2. The molecule has 694 valence electrons. The van der Waals surface area contributed by atoms with E-state index in [1.165, 1.54) is 611 Å². The molecule has 0 amide bonds. The molecular weight excluding hydrogens is 1460 g/mol. The van der Waals surface area contributed by atoms with E-state index in [0.29, 0.717) is 0 Å². The number of hydrogen-bond acceptors (Lipinski definition) is 3. The number of rotatable bonds is 92. The zero-order chi connectivity index (χ0) is 85.9. The van der Waals surface area contributed by atoms with E-state index in [9.17, 15) is 14.1 Å². The number of nitrogens with zero attached hydrogens (tertiary/aromatic N) is 2. The van der Waals surface area contributed by atoms with Gasteiger partial charge in [-0.3, -0.25) is 0 Å². The van der Waals surface area contributed by atoms with Gasteiger partial charge in [-0.05, 0) is 127 Å². The molecule has 2 aromatic rings. The lowest BCUT2D eigenvalue weighted by Gasteiger charge is -2.40. The van der Waals surface area contributed by atoms with Crippen molar-refractivity contribution in [2.45, 2.75) is 579 Å². The van der Waals surface area contributed by atoms with Crippen molar-refractivity contribution in [3.8, 4) is 0 Å². The molecule has 0 aliphatic rings. The van der Waals surface area contributed by atoms with Crippen LogP contribution in [0.15, 0.2) is 58.3 Å². The Bertz CT molecular complexity index is 1960. The monoisotopic (exact) mass is 1670 g/mol. The van der Waals surface area contributed by atoms with Crippen LogP contribution >= 0.6 is 0 Å². The van der Waals surface area contributed by atoms with Crippen LogP contribution in [-0.2, 0) is 11.2 Å². The number of carbonyl (C=O) groups is 2. The minimum Gasteiger partial charge on any atom is -0.606 e. The van der Waals surface area contributed by atoms with Crippen molar-refractivity contribution < 1.29 is 33.3 Å². The van der Waals surface area contributed by atoms with E-state index in [2.05, 4.69) is 55.4 Å². The Balaban J connectivity index is 0.00000188. The van der Waals surface area contributed by atoms with Crippen molar-refractivity contribution in [3.05, 3.63) is 59.7 Å². The average Bonchev–Trinajstić information content (AvgIpc) is 0.809. The van der Waals surface area contributed by atoms with Crippen LogP contribution in [0.4, 0.5) is 0 Å². The van der Waals surface area contributed by atoms with Crippen molar-refractivity contribution in [2.24, 2.45) is 0 Å². The van der Waals surface area contributed by atoms with Gasteiger partial charge in [0, 0.05) is 11.2 Å². The highest BCUT2D eigenvalue weighted by Gasteiger charge is 2.29. The third kappa shape index (κ3) is 73.9. The highest BCUT2D eigenvalue weighted by molar-refractivity contribution is 7.91. The number of quaternary nitrogens is 2. The maximum atomic E-state index is 12.5. The molecule has 0 heterocycles. The van der Waals surface area contributed by atoms with Gasteiger partial charge in [0.1, 0.15) is 11.1 Å². The van der Waals surface area contributed by atoms with E-state index in [4.69, 9.17) is 10.2 Å². The minimum absolute atomic E-state index is 0.0775. The molecule has 0 saturated carbocycles. The van der Waals surface area contributed by atoms with E-state index in [-0.39, 0.29) is 20.9 Å². The molecule has 0 aliphatic carbocycles. The Morgan fingerprint density at radius 3 is 0.432 bits per heavy atom. The third-order valence-electron chi connectivity index (χ3n) is 26.5. The first-order chi connectivity index (χ1) is 58.0. The van der Waals surface area contributed by atoms with Crippen LogP contribution in [0, 0.1) is 0 Å². The highest BCUT2D eigenvalue weighted by Crippen LogP contribution is 2.29. The van der Waals surface area contributed by atoms with Crippen molar-refractivity contribution in [1.82, 2.24) is 0 Å². The first-order valence-corrected chi connectivity index (χ1v) is 54.9. The summed E-state index contributed by atoms with van der Waals surface area (Å²) in [6.45, 7) is 30.6. The van der Waals surface area contributed by atoms with Crippen molar-refractivity contribution >= 4 is 23.1 Å². The molecule has 0 bridgehead atoms. The number of hydrogen-bond donors (Lipinski definition) is 2. The van der Waals surface area contributed by atoms with E-state index < -0.39 is 23.1 Å². The van der Waals surface area contributed by atoms with Crippen LogP contribution in [0.5, 0.6) is 0 Å². The minimum atomic E-state index is -1.87. The fraction of sp³-hybridized carbons (Fsp3) is 0.873. The maximum Gasteiger partial charge on any atom is 0.340 e. The molecule has 118 heavy (non-hydrogen) atoms. The number of benzene rings is 2. The van der Waals surface area contributed by atoms with Crippen molar-refractivity contribution in [2.75, 3.05) is 52.4 Å². The third-order valence-corrected chi connectivity index (χ3v) is 28.0. The van der Waals surface area contributed by atoms with Crippen LogP contribution in [0.3, 0.4) is 0 Å². The molecule has 2 rings (SSSR count). The summed E-state index contributed by atoms with van der Waals surface area (Å²) in [6.07, 6.45) is 117. The predicted molar refractivity (Wildman–Crippen MR) is 526 cm³/mol. The Kier molecular flexibility index (Phi) is 90.4. The largest absolute Gasteiger partial charge is 0.606 e. The first-order valence-electron chi connectivity index (χ1n) is 53.8. The van der Waals surface area contributed by atoms with Crippen LogP contribution in [0.2, 0.25) is 0 Å². The van der Waals surface area contributed by atoms with Gasteiger partial charge in [-0.1, -0.05) is 491 Å². The summed E-state index contributed by atoms with van der Waals surface area (Å²) in [5.41, 5.74) is -0.211. The molecule has 2 N–H and O–H groups in total. The summed E-state index contributed by atoms with van der Waals surface area (Å²) >= 11 is -1.87. The van der Waals surface area contributed by atoms with Gasteiger partial charge in [0.05, 0.1) is 52.4 Å². The maximum absolute atomic E-state index is 12.5. The molecule has 0 aromatic heterocycles. The second-order valence-corrected chi connectivity index (χ2v) is 39.2. The number of carboxylic acids is 2. The average molecular weight is 1670 g/mol. The zero-order valence-corrected chi connectivity index (χ0v) is 82.1. The molecule has 0 radical (unpaired) electrons. The van der Waals surface area contributed by atoms with Gasteiger partial charge >= 0.3 is 11.9 Å². The molecule has 0 unspecified atom stereocenters. The van der Waals surface area contributed by atoms with Gasteiger partial charge in [-0.25, -0.2) is 9.59 Å². The van der Waals surface area contributed by atoms with Gasteiger partial charge in [0.25, 0.3) is 0 Å². The van der Waals surface area contributed by atoms with Crippen LogP contribution in [0.1, 0.15) is 590 Å². The topological polar surface area (TPSA) is 97.7 Å². The highest BCUT2D eigenvalue weighted by atomic mass is 32.2. The lowest BCUT2D eigenvalue weighted by Crippen LogP contribution is -2.50. The standard InChI is InChI=1S/2C48H100N.C14H10O5S/c2*1-5-9-13-17-21-25-29-33-37-41-45-49(46-42-38-34-30-26-22-18-14-10-6-2,47-43-39-35-31-27-23-19-15-11-7-3)48-44-40-36-32-28-24-20-16-12-8-4;15-13(16)9-5-1-3-7-11(9)20(19)12-8-4-2-6-10(12)14(17)18/h2*5-48H2,1-4H3;1-8H,(H,15,16)(H,17,18)/q2*+1;. The molecule has 2 aromatic carbocycles. The fourth-order valence-corrected chi connectivity index (χ4v) is 19.9. The Labute approximate surface area is 742 Å². The summed E-state index contributed by atoms with van der Waals surface area (Å²) in [5.74, 6) is -2.41. The summed E-state index contributed by atoms with van der Waals surface area (Å²) in [7, 11) is 0. The van der Waals surface area contributed by atoms with Crippen LogP contribution in [0.25, 0.3) is 0 Å². The summed E-state index contributed by atoms with van der Waals surface area (Å²) in [4.78, 5) is 22.4. The van der Waals surface area contributed by atoms with Gasteiger partial charge in [-0.15, -0.1) is 0 Å². The summed E-state index contributed by atoms with van der Waals surface area (Å²) in [5, 5.41) is 18.2. The zero-order valence-electron chi connectivity index (χ0n) is 81.3. The second kappa shape index (κ2) is 92.3. The second-order valence-electron chi connectivity index (χ2n) is 37.8. The number of unbranched alkanes of at least 4 members (excludes halogenated alkanes) is 72. The summed E-state index contributed by atoms with van der Waals surface area (Å²) < 4.78 is 15.5.